The molecule has 1 aromatic carbocycles. The Morgan fingerprint density at radius 3 is 2.56 bits per heavy atom. The van der Waals surface area contributed by atoms with Gasteiger partial charge in [-0.25, -0.2) is 22.4 Å². The molecule has 8 nitrogen and oxygen atoms in total. The van der Waals surface area contributed by atoms with E-state index in [0.29, 0.717) is 6.20 Å². The number of halogens is 1. The number of amides is 1. The van der Waals surface area contributed by atoms with Gasteiger partial charge in [0, 0.05) is 0 Å². The summed E-state index contributed by atoms with van der Waals surface area (Å²) in [5, 5.41) is 1.94. The fraction of sp³-hybridized carbons (Fsp3) is 0.133. The van der Waals surface area contributed by atoms with Crippen molar-refractivity contribution in [2.75, 3.05) is 5.32 Å². The second-order valence-corrected chi connectivity index (χ2v) is 6.56. The lowest BCUT2D eigenvalue weighted by Crippen LogP contribution is -2.31. The van der Waals surface area contributed by atoms with Crippen LogP contribution in [-0.2, 0) is 14.8 Å². The lowest BCUT2D eigenvalue weighted by molar-refractivity contribution is 0.191. The molecule has 1 aromatic heterocycles. The highest BCUT2D eigenvalue weighted by molar-refractivity contribution is 7.90. The lowest BCUT2D eigenvalue weighted by atomic mass is 10.4. The highest BCUT2D eigenvalue weighted by atomic mass is 32.2. The molecule has 132 valence electrons. The zero-order valence-electron chi connectivity index (χ0n) is 13.3. The van der Waals surface area contributed by atoms with Crippen molar-refractivity contribution in [1.29, 1.82) is 0 Å². The standard InChI is InChI=1S/C15H14FN3O5S/c1-3-10(2)24-15(21)18-13-12(16)9-19(14(20)17-13)25(22,23)11-7-5-4-6-8-11/h3-9H,1-2H3,(H,17,18,20,21). The number of aromatic nitrogens is 2. The molecule has 0 radical (unpaired) electrons. The molecule has 0 aliphatic carbocycles. The maximum atomic E-state index is 14.1. The molecule has 1 N–H and O–H groups in total. The van der Waals surface area contributed by atoms with Crippen molar-refractivity contribution in [1.82, 2.24) is 8.96 Å². The number of hydrogen-bond donors (Lipinski definition) is 1. The third-order valence-electron chi connectivity index (χ3n) is 3.03. The molecule has 0 saturated heterocycles. The first-order valence-corrected chi connectivity index (χ1v) is 8.41. The van der Waals surface area contributed by atoms with Gasteiger partial charge in [0.05, 0.1) is 11.1 Å². The number of hydrogen-bond acceptors (Lipinski definition) is 6. The van der Waals surface area contributed by atoms with Crippen LogP contribution in [0.15, 0.2) is 58.1 Å². The monoisotopic (exact) mass is 367 g/mol. The Balaban J connectivity index is 2.38. The summed E-state index contributed by atoms with van der Waals surface area (Å²) in [5.74, 6) is -1.70. The number of nitrogens with one attached hydrogen (secondary N) is 1. The van der Waals surface area contributed by atoms with E-state index in [1.807, 2.05) is 5.32 Å². The van der Waals surface area contributed by atoms with Crippen LogP contribution in [0, 0.1) is 5.82 Å². The average Bonchev–Trinajstić information content (AvgIpc) is 2.58. The Kier molecular flexibility index (Phi) is 5.32. The van der Waals surface area contributed by atoms with Crippen LogP contribution in [0.25, 0.3) is 0 Å². The van der Waals surface area contributed by atoms with Gasteiger partial charge in [-0.1, -0.05) is 18.2 Å². The van der Waals surface area contributed by atoms with E-state index in [1.165, 1.54) is 37.3 Å². The van der Waals surface area contributed by atoms with Crippen LogP contribution < -0.4 is 11.0 Å². The van der Waals surface area contributed by atoms with Crippen molar-refractivity contribution in [2.24, 2.45) is 0 Å². The SMILES string of the molecule is CC=C(C)OC(=O)Nc1nc(=O)n(S(=O)(=O)c2ccccc2)cc1F. The maximum Gasteiger partial charge on any atom is 0.418 e. The zero-order chi connectivity index (χ0) is 18.6. The first kappa shape index (κ1) is 18.3. The fourth-order valence-electron chi connectivity index (χ4n) is 1.71. The van der Waals surface area contributed by atoms with E-state index in [4.69, 9.17) is 4.74 Å². The van der Waals surface area contributed by atoms with Crippen molar-refractivity contribution in [3.05, 3.63) is 64.7 Å². The molecule has 0 atom stereocenters. The van der Waals surface area contributed by atoms with Gasteiger partial charge in [0.1, 0.15) is 5.76 Å². The van der Waals surface area contributed by atoms with E-state index in [2.05, 4.69) is 4.98 Å². The molecular weight excluding hydrogens is 353 g/mol. The molecule has 2 rings (SSSR count). The van der Waals surface area contributed by atoms with Gasteiger partial charge in [0.2, 0.25) is 0 Å². The van der Waals surface area contributed by atoms with Crippen LogP contribution in [0.4, 0.5) is 15.0 Å². The Morgan fingerprint density at radius 1 is 1.32 bits per heavy atom. The third kappa shape index (κ3) is 4.10. The number of benzene rings is 1. The predicted molar refractivity (Wildman–Crippen MR) is 87.0 cm³/mol. The lowest BCUT2D eigenvalue weighted by Gasteiger charge is -2.10. The number of rotatable bonds is 4. The Hall–Kier alpha value is -3.01. The minimum Gasteiger partial charge on any atom is -0.415 e. The van der Waals surface area contributed by atoms with Crippen molar-refractivity contribution >= 4 is 21.9 Å². The smallest absolute Gasteiger partial charge is 0.415 e. The van der Waals surface area contributed by atoms with E-state index in [0.717, 1.165) is 0 Å². The third-order valence-corrected chi connectivity index (χ3v) is 4.68. The quantitative estimate of drug-likeness (QED) is 0.829. The summed E-state index contributed by atoms with van der Waals surface area (Å²) < 4.78 is 43.7. The normalized spacial score (nSPS) is 11.9. The van der Waals surface area contributed by atoms with Crippen molar-refractivity contribution in [2.45, 2.75) is 18.7 Å². The zero-order valence-corrected chi connectivity index (χ0v) is 14.1. The van der Waals surface area contributed by atoms with E-state index >= 15 is 0 Å². The van der Waals surface area contributed by atoms with Crippen LogP contribution in [-0.4, -0.2) is 23.5 Å². The molecule has 1 heterocycles. The second-order valence-electron chi connectivity index (χ2n) is 4.75. The Morgan fingerprint density at radius 2 is 1.96 bits per heavy atom. The summed E-state index contributed by atoms with van der Waals surface area (Å²) in [6.45, 7) is 3.12. The van der Waals surface area contributed by atoms with E-state index in [9.17, 15) is 22.4 Å². The number of carbonyl (C=O) groups is 1. The largest absolute Gasteiger partial charge is 0.418 e. The summed E-state index contributed by atoms with van der Waals surface area (Å²) in [4.78, 5) is 26.6. The molecule has 0 aliphatic rings. The van der Waals surface area contributed by atoms with Gasteiger partial charge in [-0.3, -0.25) is 5.32 Å². The summed E-state index contributed by atoms with van der Waals surface area (Å²) >= 11 is 0. The molecule has 25 heavy (non-hydrogen) atoms. The second kappa shape index (κ2) is 7.26. The summed E-state index contributed by atoms with van der Waals surface area (Å²) in [6, 6.07) is 7.01. The van der Waals surface area contributed by atoms with Crippen LogP contribution in [0.1, 0.15) is 13.8 Å². The van der Waals surface area contributed by atoms with Crippen LogP contribution in [0.5, 0.6) is 0 Å². The molecule has 0 fully saturated rings. The predicted octanol–water partition coefficient (Wildman–Crippen LogP) is 2.09. The van der Waals surface area contributed by atoms with Gasteiger partial charge >= 0.3 is 11.8 Å². The van der Waals surface area contributed by atoms with Crippen molar-refractivity contribution in [3.8, 4) is 0 Å². The van der Waals surface area contributed by atoms with Gasteiger partial charge in [-0.05, 0) is 32.1 Å². The van der Waals surface area contributed by atoms with Gasteiger partial charge in [0.25, 0.3) is 10.0 Å². The van der Waals surface area contributed by atoms with Gasteiger partial charge in [-0.15, -0.1) is 0 Å². The van der Waals surface area contributed by atoms with Crippen LogP contribution in [0.2, 0.25) is 0 Å². The molecule has 1 amide bonds. The Labute approximate surface area is 142 Å². The van der Waals surface area contributed by atoms with Crippen molar-refractivity contribution in [3.63, 3.8) is 0 Å². The number of nitrogens with zero attached hydrogens (tertiary/aromatic N) is 2. The summed E-state index contributed by atoms with van der Waals surface area (Å²) in [5.41, 5.74) is -1.27. The molecule has 2 aromatic rings. The molecule has 10 heteroatoms. The summed E-state index contributed by atoms with van der Waals surface area (Å²) in [7, 11) is -4.31. The molecular formula is C15H14FN3O5S. The minimum atomic E-state index is -4.31. The highest BCUT2D eigenvalue weighted by Gasteiger charge is 2.22. The molecule has 0 aliphatic heterocycles. The maximum absolute atomic E-state index is 14.1. The van der Waals surface area contributed by atoms with Gasteiger partial charge in [0.15, 0.2) is 11.6 Å². The van der Waals surface area contributed by atoms with Crippen molar-refractivity contribution < 1.29 is 22.3 Å². The fourth-order valence-corrected chi connectivity index (χ4v) is 2.92. The van der Waals surface area contributed by atoms with E-state index < -0.39 is 33.4 Å². The van der Waals surface area contributed by atoms with Crippen LogP contribution in [0.3, 0.4) is 0 Å². The number of allylic oxidation sites excluding steroid dienone is 2. The minimum absolute atomic E-state index is 0.158. The summed E-state index contributed by atoms with van der Waals surface area (Å²) in [6.07, 6.45) is 0.869. The van der Waals surface area contributed by atoms with Crippen LogP contribution >= 0.6 is 0 Å². The molecule has 0 unspecified atom stereocenters. The molecule has 0 bridgehead atoms. The molecule has 0 saturated carbocycles. The number of carbonyl (C=O) groups excluding carboxylic acids is 1. The van der Waals surface area contributed by atoms with Gasteiger partial charge in [-0.2, -0.15) is 8.96 Å². The average molecular weight is 367 g/mol. The first-order chi connectivity index (χ1) is 11.8. The van der Waals surface area contributed by atoms with Gasteiger partial charge < -0.3 is 4.74 Å². The van der Waals surface area contributed by atoms with E-state index in [-0.39, 0.29) is 14.6 Å². The number of anilines is 1. The molecule has 0 spiro atoms. The van der Waals surface area contributed by atoms with E-state index in [1.54, 1.807) is 13.0 Å². The highest BCUT2D eigenvalue weighted by Crippen LogP contribution is 2.14. The topological polar surface area (TPSA) is 107 Å². The Bertz CT molecular complexity index is 984. The first-order valence-electron chi connectivity index (χ1n) is 6.97. The number of ether oxygens (including phenoxy) is 1.